The van der Waals surface area contributed by atoms with Gasteiger partial charge in [-0.05, 0) is 26.7 Å². The van der Waals surface area contributed by atoms with Crippen molar-refractivity contribution in [1.82, 2.24) is 0 Å². The Hall–Kier alpha value is -0.0800. The third-order valence-electron chi connectivity index (χ3n) is 1.60. The van der Waals surface area contributed by atoms with Crippen LogP contribution in [0.3, 0.4) is 0 Å². The molecule has 0 aliphatic heterocycles. The molecular weight excluding hydrogens is 138 g/mol. The molecule has 0 radical (unpaired) electrons. The Bertz CT molecular complexity index is 83.6. The standard InChI is InChI=1S/C9H21NO/c1-4-5-9(10)6-7-11-8(2)3/h8-9H,4-7,10H2,1-3H3. The van der Waals surface area contributed by atoms with E-state index < -0.39 is 0 Å². The van der Waals surface area contributed by atoms with Crippen LogP contribution < -0.4 is 5.73 Å². The highest BCUT2D eigenvalue weighted by molar-refractivity contribution is 4.59. The number of ether oxygens (including phenoxy) is 1. The minimum Gasteiger partial charge on any atom is -0.379 e. The van der Waals surface area contributed by atoms with Crippen LogP contribution in [0.4, 0.5) is 0 Å². The Balaban J connectivity index is 3.10. The van der Waals surface area contributed by atoms with Gasteiger partial charge < -0.3 is 10.5 Å². The summed E-state index contributed by atoms with van der Waals surface area (Å²) >= 11 is 0. The van der Waals surface area contributed by atoms with Crippen LogP contribution in [-0.4, -0.2) is 18.8 Å². The third kappa shape index (κ3) is 7.82. The second-order valence-corrected chi connectivity index (χ2v) is 3.26. The van der Waals surface area contributed by atoms with Gasteiger partial charge in [-0.15, -0.1) is 0 Å². The maximum atomic E-state index is 5.79. The first-order valence-corrected chi connectivity index (χ1v) is 4.54. The van der Waals surface area contributed by atoms with Gasteiger partial charge in [0.05, 0.1) is 6.10 Å². The molecule has 2 nitrogen and oxygen atoms in total. The molecule has 0 saturated carbocycles. The van der Waals surface area contributed by atoms with Crippen molar-refractivity contribution in [3.05, 3.63) is 0 Å². The lowest BCUT2D eigenvalue weighted by Crippen LogP contribution is -2.22. The first kappa shape index (κ1) is 10.9. The SMILES string of the molecule is CCCC(N)CCOC(C)C. The van der Waals surface area contributed by atoms with Crippen molar-refractivity contribution < 1.29 is 4.74 Å². The van der Waals surface area contributed by atoms with Crippen molar-refractivity contribution in [2.45, 2.75) is 52.2 Å². The maximum absolute atomic E-state index is 5.79. The fraction of sp³-hybridized carbons (Fsp3) is 1.00. The second-order valence-electron chi connectivity index (χ2n) is 3.26. The quantitative estimate of drug-likeness (QED) is 0.642. The predicted octanol–water partition coefficient (Wildman–Crippen LogP) is 1.93. The van der Waals surface area contributed by atoms with Gasteiger partial charge in [0.25, 0.3) is 0 Å². The summed E-state index contributed by atoms with van der Waals surface area (Å²) < 4.78 is 5.38. The van der Waals surface area contributed by atoms with Crippen LogP contribution in [-0.2, 0) is 4.74 Å². The van der Waals surface area contributed by atoms with Gasteiger partial charge in [-0.2, -0.15) is 0 Å². The Labute approximate surface area is 70.1 Å². The summed E-state index contributed by atoms with van der Waals surface area (Å²) in [5.74, 6) is 0. The molecule has 2 heteroatoms. The summed E-state index contributed by atoms with van der Waals surface area (Å²) in [6, 6.07) is 0.332. The summed E-state index contributed by atoms with van der Waals surface area (Å²) in [4.78, 5) is 0. The zero-order valence-corrected chi connectivity index (χ0v) is 7.97. The molecule has 0 bridgehead atoms. The van der Waals surface area contributed by atoms with Crippen molar-refractivity contribution in [2.24, 2.45) is 5.73 Å². The van der Waals surface area contributed by atoms with E-state index in [9.17, 15) is 0 Å². The van der Waals surface area contributed by atoms with Gasteiger partial charge in [0.1, 0.15) is 0 Å². The summed E-state index contributed by atoms with van der Waals surface area (Å²) in [6.07, 6.45) is 3.61. The van der Waals surface area contributed by atoms with E-state index in [-0.39, 0.29) is 0 Å². The minimum atomic E-state index is 0.332. The summed E-state index contributed by atoms with van der Waals surface area (Å²) in [6.45, 7) is 7.05. The van der Waals surface area contributed by atoms with Crippen molar-refractivity contribution >= 4 is 0 Å². The molecule has 0 aromatic rings. The molecule has 0 fully saturated rings. The fourth-order valence-corrected chi connectivity index (χ4v) is 0.970. The van der Waals surface area contributed by atoms with E-state index in [4.69, 9.17) is 10.5 Å². The molecule has 2 N–H and O–H groups in total. The minimum absolute atomic E-state index is 0.332. The maximum Gasteiger partial charge on any atom is 0.0518 e. The highest BCUT2D eigenvalue weighted by Crippen LogP contribution is 1.99. The highest BCUT2D eigenvalue weighted by atomic mass is 16.5. The third-order valence-corrected chi connectivity index (χ3v) is 1.60. The topological polar surface area (TPSA) is 35.2 Å². The second kappa shape index (κ2) is 6.62. The summed E-state index contributed by atoms with van der Waals surface area (Å²) in [7, 11) is 0. The lowest BCUT2D eigenvalue weighted by molar-refractivity contribution is 0.0732. The number of hydrogen-bond acceptors (Lipinski definition) is 2. The predicted molar refractivity (Wildman–Crippen MR) is 48.6 cm³/mol. The lowest BCUT2D eigenvalue weighted by Gasteiger charge is -2.11. The van der Waals surface area contributed by atoms with Crippen molar-refractivity contribution in [3.8, 4) is 0 Å². The number of nitrogens with two attached hydrogens (primary N) is 1. The van der Waals surface area contributed by atoms with Crippen LogP contribution in [0.15, 0.2) is 0 Å². The first-order valence-electron chi connectivity index (χ1n) is 4.54. The van der Waals surface area contributed by atoms with Crippen molar-refractivity contribution in [1.29, 1.82) is 0 Å². The Morgan fingerprint density at radius 2 is 1.91 bits per heavy atom. The van der Waals surface area contributed by atoms with Gasteiger partial charge in [-0.25, -0.2) is 0 Å². The van der Waals surface area contributed by atoms with E-state index in [1.165, 1.54) is 6.42 Å². The smallest absolute Gasteiger partial charge is 0.0518 e. The average molecular weight is 159 g/mol. The Kier molecular flexibility index (Phi) is 6.57. The molecule has 1 atom stereocenters. The molecule has 68 valence electrons. The van der Waals surface area contributed by atoms with Crippen LogP contribution in [0.25, 0.3) is 0 Å². The number of hydrogen-bond donors (Lipinski definition) is 1. The van der Waals surface area contributed by atoms with Gasteiger partial charge in [0, 0.05) is 12.6 Å². The molecule has 0 spiro atoms. The Morgan fingerprint density at radius 1 is 1.27 bits per heavy atom. The van der Waals surface area contributed by atoms with E-state index in [2.05, 4.69) is 6.92 Å². The largest absolute Gasteiger partial charge is 0.379 e. The van der Waals surface area contributed by atoms with Gasteiger partial charge in [0.2, 0.25) is 0 Å². The van der Waals surface area contributed by atoms with E-state index >= 15 is 0 Å². The molecule has 11 heavy (non-hydrogen) atoms. The average Bonchev–Trinajstić information content (AvgIpc) is 1.87. The Morgan fingerprint density at radius 3 is 2.36 bits per heavy atom. The van der Waals surface area contributed by atoms with Crippen LogP contribution in [0.5, 0.6) is 0 Å². The molecule has 0 amide bonds. The molecule has 1 unspecified atom stereocenters. The van der Waals surface area contributed by atoms with E-state index in [1.807, 2.05) is 13.8 Å². The lowest BCUT2D eigenvalue weighted by atomic mass is 10.1. The highest BCUT2D eigenvalue weighted by Gasteiger charge is 2.00. The normalized spacial score (nSPS) is 13.9. The first-order chi connectivity index (χ1) is 5.16. The van der Waals surface area contributed by atoms with Crippen LogP contribution in [0.1, 0.15) is 40.0 Å². The molecule has 0 saturated heterocycles. The van der Waals surface area contributed by atoms with Crippen LogP contribution >= 0.6 is 0 Å². The van der Waals surface area contributed by atoms with Crippen molar-refractivity contribution in [2.75, 3.05) is 6.61 Å². The molecule has 0 aliphatic rings. The van der Waals surface area contributed by atoms with E-state index in [1.54, 1.807) is 0 Å². The molecule has 0 rings (SSSR count). The van der Waals surface area contributed by atoms with Gasteiger partial charge in [-0.1, -0.05) is 13.3 Å². The van der Waals surface area contributed by atoms with Gasteiger partial charge >= 0.3 is 0 Å². The van der Waals surface area contributed by atoms with Gasteiger partial charge in [0.15, 0.2) is 0 Å². The van der Waals surface area contributed by atoms with Gasteiger partial charge in [-0.3, -0.25) is 0 Å². The zero-order chi connectivity index (χ0) is 8.69. The molecule has 0 heterocycles. The molecule has 0 aliphatic carbocycles. The monoisotopic (exact) mass is 159 g/mol. The number of rotatable bonds is 6. The molecule has 0 aromatic heterocycles. The van der Waals surface area contributed by atoms with E-state index in [0.717, 1.165) is 19.4 Å². The van der Waals surface area contributed by atoms with E-state index in [0.29, 0.717) is 12.1 Å². The summed E-state index contributed by atoms with van der Waals surface area (Å²) in [5, 5.41) is 0. The zero-order valence-electron chi connectivity index (χ0n) is 7.97. The van der Waals surface area contributed by atoms with Crippen molar-refractivity contribution in [3.63, 3.8) is 0 Å². The molecule has 0 aromatic carbocycles. The summed E-state index contributed by atoms with van der Waals surface area (Å²) in [5.41, 5.74) is 5.79. The van der Waals surface area contributed by atoms with Crippen LogP contribution in [0, 0.1) is 0 Å². The fourth-order valence-electron chi connectivity index (χ4n) is 0.970. The van der Waals surface area contributed by atoms with Crippen LogP contribution in [0.2, 0.25) is 0 Å². The molecular formula is C9H21NO.